The number of aryl methyl sites for hydroxylation is 1. The Morgan fingerprint density at radius 2 is 2.38 bits per heavy atom. The minimum absolute atomic E-state index is 0.00231. The summed E-state index contributed by atoms with van der Waals surface area (Å²) in [5.41, 5.74) is 2.63. The molecule has 1 aromatic carbocycles. The van der Waals surface area contributed by atoms with Crippen molar-refractivity contribution in [2.24, 2.45) is 0 Å². The second-order valence-corrected chi connectivity index (χ2v) is 6.41. The Kier molecular flexibility index (Phi) is 4.31. The van der Waals surface area contributed by atoms with Crippen molar-refractivity contribution in [1.82, 2.24) is 15.6 Å². The minimum Gasteiger partial charge on any atom is -0.348 e. The molecule has 110 valence electrons. The van der Waals surface area contributed by atoms with Crippen molar-refractivity contribution >= 4 is 17.2 Å². The molecule has 1 aliphatic heterocycles. The number of amides is 1. The molecule has 4 nitrogen and oxygen atoms in total. The van der Waals surface area contributed by atoms with E-state index in [2.05, 4.69) is 15.6 Å². The van der Waals surface area contributed by atoms with Gasteiger partial charge in [0.2, 0.25) is 0 Å². The van der Waals surface area contributed by atoms with Crippen molar-refractivity contribution < 1.29 is 4.79 Å². The second-order valence-electron chi connectivity index (χ2n) is 5.35. The molecule has 1 amide bonds. The van der Waals surface area contributed by atoms with Crippen LogP contribution in [0.2, 0.25) is 0 Å². The number of carbonyl (C=O) groups is 1. The number of nitrogens with one attached hydrogen (secondary N) is 2. The highest BCUT2D eigenvalue weighted by molar-refractivity contribution is 7.09. The number of hydrogen-bond donors (Lipinski definition) is 2. The smallest absolute Gasteiger partial charge is 0.251 e. The van der Waals surface area contributed by atoms with E-state index in [1.54, 1.807) is 11.3 Å². The van der Waals surface area contributed by atoms with Crippen molar-refractivity contribution in [3.05, 3.63) is 40.2 Å². The van der Waals surface area contributed by atoms with Crippen LogP contribution in [-0.4, -0.2) is 30.0 Å². The molecule has 1 aliphatic rings. The largest absolute Gasteiger partial charge is 0.348 e. The van der Waals surface area contributed by atoms with E-state index < -0.39 is 0 Å². The first-order valence-electron chi connectivity index (χ1n) is 7.26. The number of aromatic nitrogens is 1. The van der Waals surface area contributed by atoms with Crippen molar-refractivity contribution in [1.29, 1.82) is 0 Å². The molecular weight excluding hydrogens is 282 g/mol. The van der Waals surface area contributed by atoms with E-state index in [1.807, 2.05) is 36.6 Å². The van der Waals surface area contributed by atoms with E-state index in [-0.39, 0.29) is 11.9 Å². The Balaban J connectivity index is 1.74. The number of hydrogen-bond acceptors (Lipinski definition) is 4. The van der Waals surface area contributed by atoms with E-state index in [4.69, 9.17) is 0 Å². The Morgan fingerprint density at radius 1 is 1.48 bits per heavy atom. The molecule has 1 fully saturated rings. The van der Waals surface area contributed by atoms with Gasteiger partial charge in [-0.25, -0.2) is 4.98 Å². The van der Waals surface area contributed by atoms with Crippen LogP contribution in [0.4, 0.5) is 0 Å². The predicted octanol–water partition coefficient (Wildman–Crippen LogP) is 2.60. The third-order valence-corrected chi connectivity index (χ3v) is 4.45. The van der Waals surface area contributed by atoms with E-state index in [0.717, 1.165) is 42.2 Å². The van der Waals surface area contributed by atoms with Crippen LogP contribution in [0.3, 0.4) is 0 Å². The van der Waals surface area contributed by atoms with Gasteiger partial charge in [0.25, 0.3) is 5.91 Å². The quantitative estimate of drug-likeness (QED) is 0.916. The highest BCUT2D eigenvalue weighted by atomic mass is 32.1. The molecule has 0 spiro atoms. The standard InChI is InChI=1S/C16H19N3OS/c1-11-18-15(10-21-11)12-4-2-5-13(8-12)16(20)19-14-6-3-7-17-9-14/h2,4-5,8,10,14,17H,3,6-7,9H2,1H3,(H,19,20)/t14-/m0/s1. The number of benzene rings is 1. The first kappa shape index (κ1) is 14.2. The highest BCUT2D eigenvalue weighted by Gasteiger charge is 2.16. The summed E-state index contributed by atoms with van der Waals surface area (Å²) in [4.78, 5) is 16.8. The molecule has 1 aromatic heterocycles. The fourth-order valence-corrected chi connectivity index (χ4v) is 3.18. The van der Waals surface area contributed by atoms with Crippen LogP contribution in [0.5, 0.6) is 0 Å². The zero-order valence-corrected chi connectivity index (χ0v) is 12.9. The Hall–Kier alpha value is -1.72. The number of nitrogens with zero attached hydrogens (tertiary/aromatic N) is 1. The van der Waals surface area contributed by atoms with Crippen molar-refractivity contribution in [3.8, 4) is 11.3 Å². The monoisotopic (exact) mass is 301 g/mol. The lowest BCUT2D eigenvalue weighted by molar-refractivity contribution is 0.0930. The molecule has 0 saturated carbocycles. The van der Waals surface area contributed by atoms with Gasteiger partial charge in [-0.05, 0) is 38.4 Å². The van der Waals surface area contributed by atoms with Crippen molar-refractivity contribution in [3.63, 3.8) is 0 Å². The summed E-state index contributed by atoms with van der Waals surface area (Å²) < 4.78 is 0. The van der Waals surface area contributed by atoms with Gasteiger partial charge in [0.1, 0.15) is 0 Å². The van der Waals surface area contributed by atoms with Gasteiger partial charge in [0, 0.05) is 29.1 Å². The Morgan fingerprint density at radius 3 is 3.10 bits per heavy atom. The average molecular weight is 301 g/mol. The SMILES string of the molecule is Cc1nc(-c2cccc(C(=O)N[C@H]3CCCNC3)c2)cs1. The van der Waals surface area contributed by atoms with Crippen LogP contribution < -0.4 is 10.6 Å². The molecule has 2 aromatic rings. The molecular formula is C16H19N3OS. The van der Waals surface area contributed by atoms with Gasteiger partial charge in [-0.1, -0.05) is 12.1 Å². The summed E-state index contributed by atoms with van der Waals surface area (Å²) >= 11 is 1.62. The minimum atomic E-state index is -0.00231. The van der Waals surface area contributed by atoms with Gasteiger partial charge >= 0.3 is 0 Å². The molecule has 2 N–H and O–H groups in total. The Labute approximate surface area is 128 Å². The van der Waals surface area contributed by atoms with Gasteiger partial charge in [0.15, 0.2) is 0 Å². The molecule has 5 heteroatoms. The van der Waals surface area contributed by atoms with Crippen LogP contribution in [-0.2, 0) is 0 Å². The lowest BCUT2D eigenvalue weighted by Crippen LogP contribution is -2.45. The zero-order chi connectivity index (χ0) is 14.7. The maximum Gasteiger partial charge on any atom is 0.251 e. The van der Waals surface area contributed by atoms with Crippen LogP contribution in [0.1, 0.15) is 28.2 Å². The normalized spacial score (nSPS) is 18.4. The van der Waals surface area contributed by atoms with Gasteiger partial charge < -0.3 is 10.6 Å². The van der Waals surface area contributed by atoms with E-state index in [9.17, 15) is 4.79 Å². The van der Waals surface area contributed by atoms with E-state index in [1.165, 1.54) is 0 Å². The molecule has 0 radical (unpaired) electrons. The fraction of sp³-hybridized carbons (Fsp3) is 0.375. The molecule has 0 bridgehead atoms. The van der Waals surface area contributed by atoms with Crippen molar-refractivity contribution in [2.75, 3.05) is 13.1 Å². The van der Waals surface area contributed by atoms with E-state index in [0.29, 0.717) is 5.56 Å². The molecule has 2 heterocycles. The number of piperidine rings is 1. The highest BCUT2D eigenvalue weighted by Crippen LogP contribution is 2.22. The lowest BCUT2D eigenvalue weighted by Gasteiger charge is -2.23. The summed E-state index contributed by atoms with van der Waals surface area (Å²) in [6.45, 7) is 3.89. The summed E-state index contributed by atoms with van der Waals surface area (Å²) in [5.74, 6) is -0.00231. The van der Waals surface area contributed by atoms with Gasteiger partial charge in [0.05, 0.1) is 10.7 Å². The van der Waals surface area contributed by atoms with Crippen molar-refractivity contribution in [2.45, 2.75) is 25.8 Å². The molecule has 1 atom stereocenters. The number of thiazole rings is 1. The molecule has 0 unspecified atom stereocenters. The Bertz CT molecular complexity index is 632. The predicted molar refractivity (Wildman–Crippen MR) is 85.6 cm³/mol. The zero-order valence-electron chi connectivity index (χ0n) is 12.1. The topological polar surface area (TPSA) is 54.0 Å². The van der Waals surface area contributed by atoms with Crippen LogP contribution in [0.15, 0.2) is 29.6 Å². The fourth-order valence-electron chi connectivity index (χ4n) is 2.56. The van der Waals surface area contributed by atoms with Crippen LogP contribution >= 0.6 is 11.3 Å². The van der Waals surface area contributed by atoms with Crippen LogP contribution in [0, 0.1) is 6.92 Å². The molecule has 1 saturated heterocycles. The molecule has 3 rings (SSSR count). The first-order chi connectivity index (χ1) is 10.2. The van der Waals surface area contributed by atoms with Gasteiger partial charge in [-0.3, -0.25) is 4.79 Å². The summed E-state index contributed by atoms with van der Waals surface area (Å²) in [6.07, 6.45) is 2.16. The van der Waals surface area contributed by atoms with Gasteiger partial charge in [-0.15, -0.1) is 11.3 Å². The molecule has 21 heavy (non-hydrogen) atoms. The number of rotatable bonds is 3. The van der Waals surface area contributed by atoms with Gasteiger partial charge in [-0.2, -0.15) is 0 Å². The maximum absolute atomic E-state index is 12.3. The van der Waals surface area contributed by atoms with Crippen LogP contribution in [0.25, 0.3) is 11.3 Å². The van der Waals surface area contributed by atoms with E-state index >= 15 is 0 Å². The maximum atomic E-state index is 12.3. The average Bonchev–Trinajstić information content (AvgIpc) is 2.95. The summed E-state index contributed by atoms with van der Waals surface area (Å²) in [6, 6.07) is 7.91. The second kappa shape index (κ2) is 6.37. The lowest BCUT2D eigenvalue weighted by atomic mass is 10.1. The third-order valence-electron chi connectivity index (χ3n) is 3.67. The molecule has 0 aliphatic carbocycles. The number of carbonyl (C=O) groups excluding carboxylic acids is 1. The summed E-state index contributed by atoms with van der Waals surface area (Å²) in [7, 11) is 0. The third kappa shape index (κ3) is 3.49. The summed E-state index contributed by atoms with van der Waals surface area (Å²) in [5, 5.41) is 9.47. The first-order valence-corrected chi connectivity index (χ1v) is 8.14.